The molecule has 1 aliphatic rings. The smallest absolute Gasteiger partial charge is 0.179 e. The van der Waals surface area contributed by atoms with Crippen LogP contribution in [0.25, 0.3) is 16.9 Å². The molecular weight excluding hydrogens is 396 g/mol. The first-order valence-corrected chi connectivity index (χ1v) is 10.9. The molecule has 1 aliphatic heterocycles. The number of aromatic nitrogens is 3. The van der Waals surface area contributed by atoms with E-state index in [4.69, 9.17) is 14.8 Å². The van der Waals surface area contributed by atoms with E-state index >= 15 is 0 Å². The lowest BCUT2D eigenvalue weighted by Crippen LogP contribution is -2.37. The summed E-state index contributed by atoms with van der Waals surface area (Å²) in [6.07, 6.45) is 0. The molecule has 3 aromatic heterocycles. The van der Waals surface area contributed by atoms with Gasteiger partial charge >= 0.3 is 0 Å². The fourth-order valence-electron chi connectivity index (χ4n) is 3.50. The van der Waals surface area contributed by atoms with Crippen molar-refractivity contribution in [3.63, 3.8) is 0 Å². The van der Waals surface area contributed by atoms with E-state index in [2.05, 4.69) is 45.6 Å². The minimum Gasteiger partial charge on any atom is -0.378 e. The summed E-state index contributed by atoms with van der Waals surface area (Å²) in [5.74, 6) is 1.56. The monoisotopic (exact) mass is 418 g/mol. The SMILES string of the molecule is Cc1ccsc1CN=Nc1cc(N2CCOCC2)n2nc(-c3ccccc3)cc2n1. The number of anilines is 1. The van der Waals surface area contributed by atoms with Crippen LogP contribution in [0.3, 0.4) is 0 Å². The number of benzene rings is 1. The summed E-state index contributed by atoms with van der Waals surface area (Å²) in [7, 11) is 0. The molecule has 0 radical (unpaired) electrons. The van der Waals surface area contributed by atoms with Gasteiger partial charge in [0.25, 0.3) is 0 Å². The molecule has 4 heterocycles. The first-order valence-electron chi connectivity index (χ1n) is 9.97. The van der Waals surface area contributed by atoms with Gasteiger partial charge in [-0.05, 0) is 23.9 Å². The van der Waals surface area contributed by atoms with Gasteiger partial charge in [-0.15, -0.1) is 16.5 Å². The summed E-state index contributed by atoms with van der Waals surface area (Å²) in [4.78, 5) is 8.20. The normalized spacial score (nSPS) is 14.8. The zero-order chi connectivity index (χ0) is 20.3. The lowest BCUT2D eigenvalue weighted by molar-refractivity contribution is 0.122. The van der Waals surface area contributed by atoms with Gasteiger partial charge in [0.2, 0.25) is 0 Å². The number of rotatable bonds is 5. The molecule has 0 bridgehead atoms. The highest BCUT2D eigenvalue weighted by atomic mass is 32.1. The summed E-state index contributed by atoms with van der Waals surface area (Å²) in [5.41, 5.74) is 3.96. The first-order chi connectivity index (χ1) is 14.8. The third-order valence-corrected chi connectivity index (χ3v) is 6.16. The predicted molar refractivity (Wildman–Crippen MR) is 119 cm³/mol. The summed E-state index contributed by atoms with van der Waals surface area (Å²) in [6.45, 7) is 5.68. The summed E-state index contributed by atoms with van der Waals surface area (Å²) < 4.78 is 7.43. The maximum atomic E-state index is 5.53. The molecule has 0 spiro atoms. The molecule has 1 saturated heterocycles. The van der Waals surface area contributed by atoms with Crippen LogP contribution in [-0.2, 0) is 11.3 Å². The zero-order valence-corrected chi connectivity index (χ0v) is 17.5. The molecule has 0 atom stereocenters. The average molecular weight is 419 g/mol. The maximum absolute atomic E-state index is 5.53. The maximum Gasteiger partial charge on any atom is 0.179 e. The highest BCUT2D eigenvalue weighted by Crippen LogP contribution is 2.27. The van der Waals surface area contributed by atoms with Crippen molar-refractivity contribution in [3.8, 4) is 11.3 Å². The third-order valence-electron chi connectivity index (χ3n) is 5.16. The van der Waals surface area contributed by atoms with E-state index in [0.717, 1.165) is 35.8 Å². The van der Waals surface area contributed by atoms with Crippen LogP contribution in [-0.4, -0.2) is 40.9 Å². The van der Waals surface area contributed by atoms with Gasteiger partial charge in [0.05, 0.1) is 25.5 Å². The van der Waals surface area contributed by atoms with Crippen LogP contribution in [0.1, 0.15) is 10.4 Å². The van der Waals surface area contributed by atoms with Crippen LogP contribution < -0.4 is 4.90 Å². The minimum atomic E-state index is 0.567. The van der Waals surface area contributed by atoms with Crippen LogP contribution in [0.2, 0.25) is 0 Å². The van der Waals surface area contributed by atoms with Gasteiger partial charge in [-0.1, -0.05) is 30.3 Å². The van der Waals surface area contributed by atoms with Gasteiger partial charge < -0.3 is 9.64 Å². The standard InChI is InChI=1S/C22H22N6OS/c1-16-7-12-30-19(16)15-23-25-20-14-22(27-8-10-29-11-9-27)28-21(24-20)13-18(26-28)17-5-3-2-4-6-17/h2-7,12-14H,8-11,15H2,1H3. The number of thiophene rings is 1. The number of fused-ring (bicyclic) bond motifs is 1. The number of nitrogens with zero attached hydrogens (tertiary/aromatic N) is 6. The molecular formula is C22H22N6OS. The van der Waals surface area contributed by atoms with Crippen molar-refractivity contribution in [1.82, 2.24) is 14.6 Å². The van der Waals surface area contributed by atoms with E-state index in [0.29, 0.717) is 25.6 Å². The van der Waals surface area contributed by atoms with Crippen molar-refractivity contribution >= 4 is 28.6 Å². The second kappa shape index (κ2) is 8.33. The Balaban J connectivity index is 1.53. The Kier molecular flexibility index (Phi) is 5.25. The Labute approximate surface area is 178 Å². The van der Waals surface area contributed by atoms with Crippen molar-refractivity contribution in [2.24, 2.45) is 10.2 Å². The molecule has 5 rings (SSSR count). The molecule has 0 aliphatic carbocycles. The van der Waals surface area contributed by atoms with Crippen molar-refractivity contribution in [2.75, 3.05) is 31.2 Å². The van der Waals surface area contributed by atoms with Crippen LogP contribution in [0.4, 0.5) is 11.6 Å². The Bertz CT molecular complexity index is 1180. The number of ether oxygens (including phenoxy) is 1. The van der Waals surface area contributed by atoms with E-state index in [9.17, 15) is 0 Å². The van der Waals surface area contributed by atoms with Crippen LogP contribution >= 0.6 is 11.3 Å². The Hall–Kier alpha value is -3.10. The van der Waals surface area contributed by atoms with Crippen LogP contribution in [0.15, 0.2) is 64.1 Å². The molecule has 0 N–H and O–H groups in total. The Morgan fingerprint density at radius 3 is 2.70 bits per heavy atom. The molecule has 1 fully saturated rings. The van der Waals surface area contributed by atoms with E-state index < -0.39 is 0 Å². The molecule has 30 heavy (non-hydrogen) atoms. The van der Waals surface area contributed by atoms with Gasteiger partial charge in [0.15, 0.2) is 11.5 Å². The lowest BCUT2D eigenvalue weighted by Gasteiger charge is -2.28. The second-order valence-electron chi connectivity index (χ2n) is 7.16. The molecule has 152 valence electrons. The number of azo groups is 1. The predicted octanol–water partition coefficient (Wildman–Crippen LogP) is 4.89. The van der Waals surface area contributed by atoms with Crippen LogP contribution in [0.5, 0.6) is 0 Å². The fraction of sp³-hybridized carbons (Fsp3) is 0.273. The van der Waals surface area contributed by atoms with Gasteiger partial charge in [-0.2, -0.15) is 14.7 Å². The van der Waals surface area contributed by atoms with Crippen LogP contribution in [0, 0.1) is 6.92 Å². The molecule has 8 heteroatoms. The molecule has 1 aromatic carbocycles. The van der Waals surface area contributed by atoms with Crippen molar-refractivity contribution in [2.45, 2.75) is 13.5 Å². The van der Waals surface area contributed by atoms with E-state index in [1.54, 1.807) is 11.3 Å². The summed E-state index contributed by atoms with van der Waals surface area (Å²) in [5, 5.41) is 15.7. The zero-order valence-electron chi connectivity index (χ0n) is 16.7. The molecule has 0 amide bonds. The molecule has 0 saturated carbocycles. The Morgan fingerprint density at radius 2 is 1.93 bits per heavy atom. The van der Waals surface area contributed by atoms with E-state index in [1.165, 1.54) is 10.4 Å². The first kappa shape index (κ1) is 18.9. The van der Waals surface area contributed by atoms with E-state index in [1.807, 2.05) is 34.8 Å². The second-order valence-corrected chi connectivity index (χ2v) is 8.16. The highest BCUT2D eigenvalue weighted by molar-refractivity contribution is 7.10. The highest BCUT2D eigenvalue weighted by Gasteiger charge is 2.18. The van der Waals surface area contributed by atoms with Gasteiger partial charge in [0, 0.05) is 35.7 Å². The largest absolute Gasteiger partial charge is 0.378 e. The Morgan fingerprint density at radius 1 is 1.10 bits per heavy atom. The van der Waals surface area contributed by atoms with Crippen molar-refractivity contribution in [1.29, 1.82) is 0 Å². The van der Waals surface area contributed by atoms with Gasteiger partial charge in [-0.3, -0.25) is 0 Å². The number of hydrogen-bond acceptors (Lipinski definition) is 7. The number of aryl methyl sites for hydroxylation is 1. The lowest BCUT2D eigenvalue weighted by atomic mass is 10.2. The molecule has 0 unspecified atom stereocenters. The average Bonchev–Trinajstić information content (AvgIpc) is 3.40. The molecule has 7 nitrogen and oxygen atoms in total. The topological polar surface area (TPSA) is 67.4 Å². The fourth-order valence-corrected chi connectivity index (χ4v) is 4.33. The summed E-state index contributed by atoms with van der Waals surface area (Å²) in [6, 6.07) is 16.2. The minimum absolute atomic E-state index is 0.567. The quantitative estimate of drug-likeness (QED) is 0.433. The van der Waals surface area contributed by atoms with E-state index in [-0.39, 0.29) is 0 Å². The van der Waals surface area contributed by atoms with Crippen molar-refractivity contribution in [3.05, 3.63) is 64.4 Å². The third kappa shape index (κ3) is 3.83. The van der Waals surface area contributed by atoms with Gasteiger partial charge in [-0.25, -0.2) is 4.98 Å². The summed E-state index contributed by atoms with van der Waals surface area (Å²) >= 11 is 1.70. The van der Waals surface area contributed by atoms with Crippen molar-refractivity contribution < 1.29 is 4.74 Å². The number of morpholine rings is 1. The van der Waals surface area contributed by atoms with Gasteiger partial charge in [0.1, 0.15) is 5.82 Å². The number of hydrogen-bond donors (Lipinski definition) is 0. The molecule has 4 aromatic rings.